The molecule has 116 valence electrons. The van der Waals surface area contributed by atoms with E-state index in [2.05, 4.69) is 5.32 Å². The second kappa shape index (κ2) is 6.86. The van der Waals surface area contributed by atoms with E-state index in [-0.39, 0.29) is 12.6 Å². The molecule has 1 atom stereocenters. The average Bonchev–Trinajstić information content (AvgIpc) is 2.88. The van der Waals surface area contributed by atoms with Crippen molar-refractivity contribution >= 4 is 11.6 Å². The molecule has 0 bridgehead atoms. The predicted octanol–water partition coefficient (Wildman–Crippen LogP) is 3.07. The monoisotopic (exact) mass is 311 g/mol. The Morgan fingerprint density at radius 1 is 1.19 bits per heavy atom. The third-order valence-electron chi connectivity index (χ3n) is 4.20. The first-order valence-electron chi connectivity index (χ1n) is 7.74. The Morgan fingerprint density at radius 2 is 1.95 bits per heavy atom. The number of aliphatic hydroxyl groups excluding tert-OH is 1. The standard InChI is InChI=1S/C16H22ClNO3/c17-13-8-11(9-15-16(13)21-7-3-6-20-15)14(10-19)18-12-4-1-2-5-12/h8-9,12,14,18-19H,1-7,10H2. The van der Waals surface area contributed by atoms with Crippen molar-refractivity contribution in [1.82, 2.24) is 5.32 Å². The fourth-order valence-electron chi connectivity index (χ4n) is 3.08. The summed E-state index contributed by atoms with van der Waals surface area (Å²) in [5.74, 6) is 1.30. The van der Waals surface area contributed by atoms with E-state index in [0.29, 0.717) is 35.8 Å². The average molecular weight is 312 g/mol. The zero-order valence-corrected chi connectivity index (χ0v) is 12.9. The van der Waals surface area contributed by atoms with Gasteiger partial charge in [0.15, 0.2) is 11.5 Å². The van der Waals surface area contributed by atoms with E-state index in [1.54, 1.807) is 0 Å². The number of aliphatic hydroxyl groups is 1. The highest BCUT2D eigenvalue weighted by Crippen LogP contribution is 2.39. The van der Waals surface area contributed by atoms with Crippen LogP contribution in [0.15, 0.2) is 12.1 Å². The third kappa shape index (κ3) is 3.44. The molecule has 21 heavy (non-hydrogen) atoms. The first kappa shape index (κ1) is 14.9. The highest BCUT2D eigenvalue weighted by Gasteiger charge is 2.23. The van der Waals surface area contributed by atoms with Crippen LogP contribution < -0.4 is 14.8 Å². The molecule has 1 heterocycles. The summed E-state index contributed by atoms with van der Waals surface area (Å²) in [4.78, 5) is 0. The van der Waals surface area contributed by atoms with E-state index in [1.165, 1.54) is 25.7 Å². The Balaban J connectivity index is 1.82. The van der Waals surface area contributed by atoms with Crippen molar-refractivity contribution in [2.75, 3.05) is 19.8 Å². The summed E-state index contributed by atoms with van der Waals surface area (Å²) in [5, 5.41) is 13.8. The number of ether oxygens (including phenoxy) is 2. The zero-order chi connectivity index (χ0) is 14.7. The van der Waals surface area contributed by atoms with Crippen LogP contribution in [0.5, 0.6) is 11.5 Å². The summed E-state index contributed by atoms with van der Waals surface area (Å²) in [7, 11) is 0. The second-order valence-corrected chi connectivity index (χ2v) is 6.17. The van der Waals surface area contributed by atoms with Crippen molar-refractivity contribution in [3.05, 3.63) is 22.7 Å². The van der Waals surface area contributed by atoms with Crippen molar-refractivity contribution in [2.24, 2.45) is 0 Å². The number of rotatable bonds is 4. The summed E-state index contributed by atoms with van der Waals surface area (Å²) in [5.41, 5.74) is 0.957. The molecule has 0 amide bonds. The molecule has 4 nitrogen and oxygen atoms in total. The Bertz CT molecular complexity index is 489. The molecule has 0 spiro atoms. The minimum Gasteiger partial charge on any atom is -0.489 e. The number of benzene rings is 1. The minimum absolute atomic E-state index is 0.0481. The van der Waals surface area contributed by atoms with Crippen molar-refractivity contribution in [1.29, 1.82) is 0 Å². The number of fused-ring (bicyclic) bond motifs is 1. The molecule has 1 fully saturated rings. The predicted molar refractivity (Wildman–Crippen MR) is 82.3 cm³/mol. The molecule has 2 N–H and O–H groups in total. The Hall–Kier alpha value is -0.970. The van der Waals surface area contributed by atoms with E-state index in [1.807, 2.05) is 12.1 Å². The quantitative estimate of drug-likeness (QED) is 0.897. The van der Waals surface area contributed by atoms with Gasteiger partial charge in [0.2, 0.25) is 0 Å². The van der Waals surface area contributed by atoms with Crippen molar-refractivity contribution < 1.29 is 14.6 Å². The number of nitrogens with one attached hydrogen (secondary N) is 1. The maximum Gasteiger partial charge on any atom is 0.179 e. The van der Waals surface area contributed by atoms with Gasteiger partial charge < -0.3 is 19.9 Å². The van der Waals surface area contributed by atoms with Crippen LogP contribution in [0.3, 0.4) is 0 Å². The van der Waals surface area contributed by atoms with Crippen LogP contribution in [0.4, 0.5) is 0 Å². The second-order valence-electron chi connectivity index (χ2n) is 5.76. The fraction of sp³-hybridized carbons (Fsp3) is 0.625. The van der Waals surface area contributed by atoms with Crippen LogP contribution >= 0.6 is 11.6 Å². The summed E-state index contributed by atoms with van der Waals surface area (Å²) in [6.07, 6.45) is 5.73. The largest absolute Gasteiger partial charge is 0.489 e. The molecular weight excluding hydrogens is 290 g/mol. The van der Waals surface area contributed by atoms with Gasteiger partial charge in [0.25, 0.3) is 0 Å². The van der Waals surface area contributed by atoms with Crippen LogP contribution in [0.2, 0.25) is 5.02 Å². The van der Waals surface area contributed by atoms with Crippen LogP contribution in [-0.4, -0.2) is 31.0 Å². The summed E-state index contributed by atoms with van der Waals surface area (Å²) >= 11 is 6.32. The lowest BCUT2D eigenvalue weighted by atomic mass is 10.0. The molecule has 1 aliphatic carbocycles. The van der Waals surface area contributed by atoms with Crippen LogP contribution in [-0.2, 0) is 0 Å². The summed E-state index contributed by atoms with van der Waals surface area (Å²) < 4.78 is 11.4. The Morgan fingerprint density at radius 3 is 2.71 bits per heavy atom. The lowest BCUT2D eigenvalue weighted by molar-refractivity contribution is 0.232. The third-order valence-corrected chi connectivity index (χ3v) is 4.48. The minimum atomic E-state index is -0.109. The molecule has 1 aliphatic heterocycles. The molecule has 2 aliphatic rings. The van der Waals surface area contributed by atoms with E-state index in [9.17, 15) is 5.11 Å². The smallest absolute Gasteiger partial charge is 0.179 e. The van der Waals surface area contributed by atoms with Gasteiger partial charge in [-0.3, -0.25) is 0 Å². The lowest BCUT2D eigenvalue weighted by Gasteiger charge is -2.23. The first-order chi connectivity index (χ1) is 10.3. The maximum atomic E-state index is 9.71. The van der Waals surface area contributed by atoms with E-state index in [4.69, 9.17) is 21.1 Å². The lowest BCUT2D eigenvalue weighted by Crippen LogP contribution is -2.32. The van der Waals surface area contributed by atoms with Crippen LogP contribution in [0.25, 0.3) is 0 Å². The summed E-state index contributed by atoms with van der Waals surface area (Å²) in [6.45, 7) is 1.30. The zero-order valence-electron chi connectivity index (χ0n) is 12.1. The number of halogens is 1. The molecule has 0 saturated heterocycles. The van der Waals surface area contributed by atoms with E-state index in [0.717, 1.165) is 12.0 Å². The number of hydrogen-bond acceptors (Lipinski definition) is 4. The Labute approximate surface area is 130 Å². The topological polar surface area (TPSA) is 50.7 Å². The summed E-state index contributed by atoms with van der Waals surface area (Å²) in [6, 6.07) is 4.19. The van der Waals surface area contributed by atoms with Gasteiger partial charge in [0.1, 0.15) is 0 Å². The molecule has 1 aromatic carbocycles. The number of hydrogen-bond donors (Lipinski definition) is 2. The van der Waals surface area contributed by atoms with Crippen molar-refractivity contribution in [3.63, 3.8) is 0 Å². The molecule has 1 unspecified atom stereocenters. The molecule has 3 rings (SSSR count). The highest BCUT2D eigenvalue weighted by atomic mass is 35.5. The SMILES string of the molecule is OCC(NC1CCCC1)c1cc(Cl)c2c(c1)OCCCO2. The van der Waals surface area contributed by atoms with Gasteiger partial charge in [0, 0.05) is 12.5 Å². The normalized spacial score (nSPS) is 20.3. The van der Waals surface area contributed by atoms with Gasteiger partial charge in [-0.05, 0) is 30.5 Å². The van der Waals surface area contributed by atoms with Gasteiger partial charge in [-0.1, -0.05) is 24.4 Å². The van der Waals surface area contributed by atoms with Gasteiger partial charge in [-0.2, -0.15) is 0 Å². The molecular formula is C16H22ClNO3. The molecule has 0 aromatic heterocycles. The molecule has 0 radical (unpaired) electrons. The van der Waals surface area contributed by atoms with E-state index >= 15 is 0 Å². The van der Waals surface area contributed by atoms with Gasteiger partial charge in [-0.15, -0.1) is 0 Å². The van der Waals surface area contributed by atoms with Crippen LogP contribution in [0, 0.1) is 0 Å². The van der Waals surface area contributed by atoms with E-state index < -0.39 is 0 Å². The molecule has 1 aromatic rings. The van der Waals surface area contributed by atoms with Crippen molar-refractivity contribution in [3.8, 4) is 11.5 Å². The fourth-order valence-corrected chi connectivity index (χ4v) is 3.36. The van der Waals surface area contributed by atoms with Gasteiger partial charge in [0.05, 0.1) is 30.9 Å². The first-order valence-corrected chi connectivity index (χ1v) is 8.11. The van der Waals surface area contributed by atoms with Crippen LogP contribution in [0.1, 0.15) is 43.7 Å². The van der Waals surface area contributed by atoms with Crippen molar-refractivity contribution in [2.45, 2.75) is 44.2 Å². The molecule has 1 saturated carbocycles. The Kier molecular flexibility index (Phi) is 4.88. The maximum absolute atomic E-state index is 9.71. The highest BCUT2D eigenvalue weighted by molar-refractivity contribution is 6.32. The van der Waals surface area contributed by atoms with Gasteiger partial charge in [-0.25, -0.2) is 0 Å². The molecule has 5 heteroatoms. The van der Waals surface area contributed by atoms with Gasteiger partial charge >= 0.3 is 0 Å².